The van der Waals surface area contributed by atoms with Gasteiger partial charge in [-0.3, -0.25) is 9.10 Å². The molecule has 0 aromatic heterocycles. The highest BCUT2D eigenvalue weighted by Gasteiger charge is 2.28. The van der Waals surface area contributed by atoms with E-state index in [1.54, 1.807) is 24.3 Å². The fraction of sp³-hybridized carbons (Fsp3) is 0.296. The maximum absolute atomic E-state index is 13.4. The number of sulfonamides is 1. The zero-order chi connectivity index (χ0) is 25.1. The lowest BCUT2D eigenvalue weighted by atomic mass is 9.86. The fourth-order valence-electron chi connectivity index (χ4n) is 3.53. The van der Waals surface area contributed by atoms with Crippen LogP contribution in [-0.2, 0) is 20.2 Å². The average molecular weight is 483 g/mol. The molecule has 7 heteroatoms. The summed E-state index contributed by atoms with van der Waals surface area (Å²) in [6.07, 6.45) is 0. The largest absolute Gasteiger partial charge is 0.348 e. The second-order valence-corrected chi connectivity index (χ2v) is 11.3. The number of aryl methyl sites for hydroxylation is 1. The molecule has 0 aliphatic rings. The number of nitrogens with zero attached hydrogens (tertiary/aromatic N) is 1. The number of benzene rings is 3. The summed E-state index contributed by atoms with van der Waals surface area (Å²) in [6, 6.07) is 19.1. The first-order chi connectivity index (χ1) is 15.9. The summed E-state index contributed by atoms with van der Waals surface area (Å²) >= 11 is 0. The minimum Gasteiger partial charge on any atom is -0.348 e. The van der Waals surface area contributed by atoms with Gasteiger partial charge in [-0.1, -0.05) is 62.7 Å². The highest BCUT2D eigenvalue weighted by atomic mass is 32.2. The SMILES string of the molecule is Cc1ccc(N(CC(=O)NC(C)c2ccc(C(C)(C)C)cc2)S(=O)(=O)c2ccc(F)cc2)cc1. The highest BCUT2D eigenvalue weighted by Crippen LogP contribution is 2.26. The van der Waals surface area contributed by atoms with E-state index < -0.39 is 28.3 Å². The highest BCUT2D eigenvalue weighted by molar-refractivity contribution is 7.92. The summed E-state index contributed by atoms with van der Waals surface area (Å²) in [7, 11) is -4.10. The molecule has 1 atom stereocenters. The Balaban J connectivity index is 1.84. The second-order valence-electron chi connectivity index (χ2n) is 9.46. The molecule has 0 saturated carbocycles. The Labute approximate surface area is 201 Å². The molecule has 180 valence electrons. The molecule has 0 radical (unpaired) electrons. The Kier molecular flexibility index (Phi) is 7.46. The third-order valence-corrected chi connectivity index (χ3v) is 7.45. The monoisotopic (exact) mass is 482 g/mol. The van der Waals surface area contributed by atoms with Crippen molar-refractivity contribution in [3.05, 3.63) is 95.3 Å². The summed E-state index contributed by atoms with van der Waals surface area (Å²) in [5.41, 5.74) is 3.44. The minimum atomic E-state index is -4.10. The molecular weight excluding hydrogens is 451 g/mol. The van der Waals surface area contributed by atoms with Crippen LogP contribution in [-0.4, -0.2) is 20.9 Å². The lowest BCUT2D eigenvalue weighted by molar-refractivity contribution is -0.120. The number of halogens is 1. The molecule has 1 amide bonds. The Bertz CT molecular complexity index is 1230. The van der Waals surface area contributed by atoms with Gasteiger partial charge in [-0.15, -0.1) is 0 Å². The molecule has 0 aliphatic carbocycles. The van der Waals surface area contributed by atoms with E-state index in [0.717, 1.165) is 27.6 Å². The van der Waals surface area contributed by atoms with Crippen molar-refractivity contribution in [1.82, 2.24) is 5.32 Å². The zero-order valence-corrected chi connectivity index (χ0v) is 21.0. The predicted octanol–water partition coefficient (Wildman–Crippen LogP) is 5.50. The first kappa shape index (κ1) is 25.4. The van der Waals surface area contributed by atoms with E-state index in [-0.39, 0.29) is 16.4 Å². The smallest absolute Gasteiger partial charge is 0.264 e. The Morgan fingerprint density at radius 3 is 2.03 bits per heavy atom. The number of rotatable bonds is 7. The van der Waals surface area contributed by atoms with Crippen LogP contribution in [0.25, 0.3) is 0 Å². The predicted molar refractivity (Wildman–Crippen MR) is 134 cm³/mol. The zero-order valence-electron chi connectivity index (χ0n) is 20.2. The average Bonchev–Trinajstić information content (AvgIpc) is 2.78. The molecule has 3 aromatic rings. The maximum Gasteiger partial charge on any atom is 0.264 e. The fourth-order valence-corrected chi connectivity index (χ4v) is 4.95. The molecule has 0 bridgehead atoms. The van der Waals surface area contributed by atoms with Crippen molar-refractivity contribution >= 4 is 21.6 Å². The van der Waals surface area contributed by atoms with Crippen molar-refractivity contribution < 1.29 is 17.6 Å². The molecule has 5 nitrogen and oxygen atoms in total. The first-order valence-electron chi connectivity index (χ1n) is 11.1. The number of hydrogen-bond donors (Lipinski definition) is 1. The Morgan fingerprint density at radius 1 is 0.941 bits per heavy atom. The number of anilines is 1. The number of nitrogens with one attached hydrogen (secondary N) is 1. The van der Waals surface area contributed by atoms with Gasteiger partial charge in [0.25, 0.3) is 10.0 Å². The normalized spacial score (nSPS) is 12.8. The quantitative estimate of drug-likeness (QED) is 0.483. The van der Waals surface area contributed by atoms with Crippen molar-refractivity contribution in [1.29, 1.82) is 0 Å². The van der Waals surface area contributed by atoms with E-state index in [2.05, 4.69) is 26.1 Å². The van der Waals surface area contributed by atoms with Gasteiger partial charge >= 0.3 is 0 Å². The van der Waals surface area contributed by atoms with Crippen LogP contribution in [0.1, 0.15) is 50.4 Å². The summed E-state index contributed by atoms with van der Waals surface area (Å²) in [5, 5.41) is 2.89. The molecule has 3 aromatic carbocycles. The lowest BCUT2D eigenvalue weighted by Crippen LogP contribution is -2.41. The van der Waals surface area contributed by atoms with Gasteiger partial charge in [0.2, 0.25) is 5.91 Å². The molecule has 1 unspecified atom stereocenters. The van der Waals surface area contributed by atoms with Crippen LogP contribution >= 0.6 is 0 Å². The van der Waals surface area contributed by atoms with E-state index in [4.69, 9.17) is 0 Å². The van der Waals surface area contributed by atoms with Crippen molar-refractivity contribution in [2.24, 2.45) is 0 Å². The van der Waals surface area contributed by atoms with Crippen LogP contribution in [0.15, 0.2) is 77.7 Å². The van der Waals surface area contributed by atoms with E-state index in [1.165, 1.54) is 17.7 Å². The van der Waals surface area contributed by atoms with Gasteiger partial charge in [0.1, 0.15) is 12.4 Å². The number of carbonyl (C=O) groups is 1. The topological polar surface area (TPSA) is 66.5 Å². The summed E-state index contributed by atoms with van der Waals surface area (Å²) in [4.78, 5) is 12.9. The third kappa shape index (κ3) is 6.03. The number of amides is 1. The van der Waals surface area contributed by atoms with Gasteiger partial charge in [-0.05, 0) is 66.8 Å². The van der Waals surface area contributed by atoms with Gasteiger partial charge in [0, 0.05) is 0 Å². The van der Waals surface area contributed by atoms with Crippen LogP contribution < -0.4 is 9.62 Å². The van der Waals surface area contributed by atoms with E-state index in [0.29, 0.717) is 5.69 Å². The van der Waals surface area contributed by atoms with Crippen LogP contribution in [0.4, 0.5) is 10.1 Å². The first-order valence-corrected chi connectivity index (χ1v) is 12.6. The summed E-state index contributed by atoms with van der Waals surface area (Å²) in [6.45, 7) is 9.74. The third-order valence-electron chi connectivity index (χ3n) is 5.67. The van der Waals surface area contributed by atoms with Gasteiger partial charge in [0.15, 0.2) is 0 Å². The Morgan fingerprint density at radius 2 is 1.50 bits per heavy atom. The van der Waals surface area contributed by atoms with Crippen molar-refractivity contribution in [3.63, 3.8) is 0 Å². The van der Waals surface area contributed by atoms with Crippen LogP contribution in [0.3, 0.4) is 0 Å². The van der Waals surface area contributed by atoms with Gasteiger partial charge in [0.05, 0.1) is 16.6 Å². The number of carbonyl (C=O) groups excluding carboxylic acids is 1. The van der Waals surface area contributed by atoms with Crippen LogP contribution in [0.2, 0.25) is 0 Å². The van der Waals surface area contributed by atoms with Crippen molar-refractivity contribution in [3.8, 4) is 0 Å². The molecule has 0 spiro atoms. The maximum atomic E-state index is 13.4. The van der Waals surface area contributed by atoms with Gasteiger partial charge in [-0.2, -0.15) is 0 Å². The van der Waals surface area contributed by atoms with Crippen molar-refractivity contribution in [2.75, 3.05) is 10.8 Å². The van der Waals surface area contributed by atoms with Gasteiger partial charge in [-0.25, -0.2) is 12.8 Å². The van der Waals surface area contributed by atoms with Crippen LogP contribution in [0.5, 0.6) is 0 Å². The second kappa shape index (κ2) is 9.97. The molecular formula is C27H31FN2O3S. The molecule has 0 fully saturated rings. The Hall–Kier alpha value is -3.19. The molecule has 0 heterocycles. The van der Waals surface area contributed by atoms with Gasteiger partial charge < -0.3 is 5.32 Å². The molecule has 34 heavy (non-hydrogen) atoms. The van der Waals surface area contributed by atoms with E-state index >= 15 is 0 Å². The molecule has 0 saturated heterocycles. The molecule has 3 rings (SSSR count). The van der Waals surface area contributed by atoms with Crippen LogP contribution in [0, 0.1) is 12.7 Å². The van der Waals surface area contributed by atoms with E-state index in [9.17, 15) is 17.6 Å². The minimum absolute atomic E-state index is 0.0221. The standard InChI is InChI=1S/C27H31FN2O3S/c1-19-6-14-24(15-7-19)30(34(32,33)25-16-12-23(28)13-17-25)18-26(31)29-20(2)21-8-10-22(11-9-21)27(3,4)5/h6-17,20H,18H2,1-5H3,(H,29,31). The molecule has 1 N–H and O–H groups in total. The lowest BCUT2D eigenvalue weighted by Gasteiger charge is -2.25. The molecule has 0 aliphatic heterocycles. The number of hydrogen-bond acceptors (Lipinski definition) is 3. The summed E-state index contributed by atoms with van der Waals surface area (Å²) < 4.78 is 41.2. The van der Waals surface area contributed by atoms with E-state index in [1.807, 2.05) is 38.1 Å². The van der Waals surface area contributed by atoms with Crippen molar-refractivity contribution in [2.45, 2.75) is 51.0 Å². The summed E-state index contributed by atoms with van der Waals surface area (Å²) in [5.74, 6) is -0.983.